The Balaban J connectivity index is 1.50. The van der Waals surface area contributed by atoms with Gasteiger partial charge >= 0.3 is 6.18 Å². The number of nitrogens with zero attached hydrogens (tertiary/aromatic N) is 5. The summed E-state index contributed by atoms with van der Waals surface area (Å²) in [6.07, 6.45) is -1.75. The van der Waals surface area contributed by atoms with Gasteiger partial charge in [-0.1, -0.05) is 6.07 Å². The minimum Gasteiger partial charge on any atom is -0.352 e. The van der Waals surface area contributed by atoms with E-state index in [0.29, 0.717) is 32.0 Å². The van der Waals surface area contributed by atoms with Crippen LogP contribution in [0.3, 0.4) is 0 Å². The van der Waals surface area contributed by atoms with E-state index in [-0.39, 0.29) is 6.04 Å². The molecule has 3 heterocycles. The van der Waals surface area contributed by atoms with Crippen molar-refractivity contribution in [1.82, 2.24) is 30.3 Å². The average molecular weight is 409 g/mol. The molecule has 2 aromatic heterocycles. The molecule has 1 unspecified atom stereocenters. The second-order valence-electron chi connectivity index (χ2n) is 7.27. The van der Waals surface area contributed by atoms with Gasteiger partial charge in [0.05, 0.1) is 12.2 Å². The van der Waals surface area contributed by atoms with Crippen LogP contribution in [0.4, 0.5) is 13.2 Å². The molecule has 7 nitrogen and oxygen atoms in total. The highest BCUT2D eigenvalue weighted by Gasteiger charge is 2.34. The summed E-state index contributed by atoms with van der Waals surface area (Å²) < 4.78 is 39.4. The van der Waals surface area contributed by atoms with Gasteiger partial charge in [0.15, 0.2) is 11.8 Å². The Morgan fingerprint density at radius 3 is 2.69 bits per heavy atom. The fourth-order valence-corrected chi connectivity index (χ4v) is 3.43. The number of nitrogens with one attached hydrogen (secondary N) is 2. The van der Waals surface area contributed by atoms with E-state index in [0.717, 1.165) is 22.8 Å². The summed E-state index contributed by atoms with van der Waals surface area (Å²) >= 11 is 0. The van der Waals surface area contributed by atoms with Crippen LogP contribution in [0.2, 0.25) is 0 Å². The molecule has 0 amide bonds. The average Bonchev–Trinajstić information content (AvgIpc) is 3.22. The van der Waals surface area contributed by atoms with Gasteiger partial charge in [0.25, 0.3) is 0 Å². The maximum Gasteiger partial charge on any atom is 0.401 e. The van der Waals surface area contributed by atoms with Crippen molar-refractivity contribution in [2.24, 2.45) is 4.99 Å². The molecule has 0 aliphatic carbocycles. The van der Waals surface area contributed by atoms with E-state index in [1.807, 2.05) is 32.0 Å². The molecule has 0 aromatic carbocycles. The number of hydrogen-bond donors (Lipinski definition) is 2. The summed E-state index contributed by atoms with van der Waals surface area (Å²) in [5, 5.41) is 10.8. The maximum atomic E-state index is 12.5. The van der Waals surface area contributed by atoms with E-state index in [2.05, 4.69) is 25.7 Å². The van der Waals surface area contributed by atoms with Crippen LogP contribution in [0.15, 0.2) is 29.4 Å². The van der Waals surface area contributed by atoms with Gasteiger partial charge in [-0.2, -0.15) is 18.3 Å². The predicted octanol–water partition coefficient (Wildman–Crippen LogP) is 2.19. The summed E-state index contributed by atoms with van der Waals surface area (Å²) in [7, 11) is 1.64. The van der Waals surface area contributed by atoms with Gasteiger partial charge in [-0.3, -0.25) is 9.89 Å². The number of hydrogen-bond acceptors (Lipinski definition) is 4. The number of rotatable bonds is 5. The molecule has 1 aliphatic heterocycles. The van der Waals surface area contributed by atoms with E-state index in [1.54, 1.807) is 17.9 Å². The zero-order chi connectivity index (χ0) is 21.0. The number of aromatic nitrogens is 3. The molecule has 0 spiro atoms. The second-order valence-corrected chi connectivity index (χ2v) is 7.27. The van der Waals surface area contributed by atoms with Crippen LogP contribution in [-0.4, -0.2) is 64.5 Å². The van der Waals surface area contributed by atoms with Crippen molar-refractivity contribution in [3.63, 3.8) is 0 Å². The number of halogens is 3. The first-order valence-electron chi connectivity index (χ1n) is 9.48. The highest BCUT2D eigenvalue weighted by molar-refractivity contribution is 5.80. The minimum atomic E-state index is -4.17. The number of likely N-dealkylation sites (tertiary alicyclic amines) is 1. The van der Waals surface area contributed by atoms with Crippen LogP contribution in [0.1, 0.15) is 23.4 Å². The van der Waals surface area contributed by atoms with Crippen molar-refractivity contribution < 1.29 is 13.2 Å². The van der Waals surface area contributed by atoms with E-state index < -0.39 is 12.7 Å². The van der Waals surface area contributed by atoms with Crippen LogP contribution in [0, 0.1) is 13.8 Å². The molecule has 2 N–H and O–H groups in total. The van der Waals surface area contributed by atoms with E-state index in [1.165, 1.54) is 4.90 Å². The van der Waals surface area contributed by atoms with Gasteiger partial charge in [0.2, 0.25) is 0 Å². The minimum absolute atomic E-state index is 0.0601. The fraction of sp³-hybridized carbons (Fsp3) is 0.526. The highest BCUT2D eigenvalue weighted by Crippen LogP contribution is 2.20. The largest absolute Gasteiger partial charge is 0.401 e. The third-order valence-corrected chi connectivity index (χ3v) is 4.74. The number of pyridine rings is 1. The third-order valence-electron chi connectivity index (χ3n) is 4.74. The molecule has 3 rings (SSSR count). The summed E-state index contributed by atoms with van der Waals surface area (Å²) in [6.45, 7) is 4.32. The normalized spacial score (nSPS) is 18.3. The molecule has 2 aromatic rings. The molecule has 0 bridgehead atoms. The lowest BCUT2D eigenvalue weighted by molar-refractivity contribution is -0.143. The second kappa shape index (κ2) is 8.81. The molecule has 1 aliphatic rings. The first-order chi connectivity index (χ1) is 13.7. The van der Waals surface area contributed by atoms with Crippen LogP contribution in [0.25, 0.3) is 5.82 Å². The van der Waals surface area contributed by atoms with Gasteiger partial charge in [0, 0.05) is 44.6 Å². The first kappa shape index (κ1) is 21.1. The van der Waals surface area contributed by atoms with Crippen molar-refractivity contribution in [3.8, 4) is 5.82 Å². The molecule has 158 valence electrons. The Morgan fingerprint density at radius 1 is 1.31 bits per heavy atom. The topological polar surface area (TPSA) is 70.4 Å². The molecule has 29 heavy (non-hydrogen) atoms. The molecule has 10 heteroatoms. The maximum absolute atomic E-state index is 12.5. The smallest absolute Gasteiger partial charge is 0.352 e. The van der Waals surface area contributed by atoms with E-state index >= 15 is 0 Å². The molecule has 1 saturated heterocycles. The lowest BCUT2D eigenvalue weighted by Crippen LogP contribution is -2.44. The third kappa shape index (κ3) is 5.93. The van der Waals surface area contributed by atoms with Gasteiger partial charge in [-0.25, -0.2) is 9.67 Å². The Morgan fingerprint density at radius 2 is 2.10 bits per heavy atom. The van der Waals surface area contributed by atoms with Gasteiger partial charge in [0.1, 0.15) is 0 Å². The molecule has 0 radical (unpaired) electrons. The zero-order valence-electron chi connectivity index (χ0n) is 16.8. The van der Waals surface area contributed by atoms with Crippen molar-refractivity contribution in [1.29, 1.82) is 0 Å². The number of alkyl halides is 3. The number of guanidine groups is 1. The molecular formula is C19H26F3N7. The van der Waals surface area contributed by atoms with E-state index in [9.17, 15) is 13.2 Å². The Bertz CT molecular complexity index is 842. The van der Waals surface area contributed by atoms with Crippen LogP contribution in [-0.2, 0) is 6.54 Å². The Kier molecular flexibility index (Phi) is 6.41. The van der Waals surface area contributed by atoms with Gasteiger partial charge in [-0.05, 0) is 38.0 Å². The lowest BCUT2D eigenvalue weighted by atomic mass is 10.2. The van der Waals surface area contributed by atoms with Gasteiger partial charge < -0.3 is 10.6 Å². The standard InChI is InChI=1S/C19H26F3N7/c1-13-8-14(2)29(27-13)17-5-4-15(9-24-17)10-25-18(23-3)26-16-6-7-28(11-16)12-19(20,21)22/h4-5,8-9,16H,6-7,10-12H2,1-3H3,(H2,23,25,26). The van der Waals surface area contributed by atoms with Crippen molar-refractivity contribution in [2.75, 3.05) is 26.7 Å². The quantitative estimate of drug-likeness (QED) is 0.585. The van der Waals surface area contributed by atoms with Crippen molar-refractivity contribution >= 4 is 5.96 Å². The van der Waals surface area contributed by atoms with Crippen LogP contribution >= 0.6 is 0 Å². The van der Waals surface area contributed by atoms with Crippen molar-refractivity contribution in [2.45, 2.75) is 39.0 Å². The fourth-order valence-electron chi connectivity index (χ4n) is 3.43. The number of aryl methyl sites for hydroxylation is 2. The van der Waals surface area contributed by atoms with Gasteiger partial charge in [-0.15, -0.1) is 0 Å². The summed E-state index contributed by atoms with van der Waals surface area (Å²) in [5.74, 6) is 1.31. The van der Waals surface area contributed by atoms with Crippen LogP contribution in [0.5, 0.6) is 0 Å². The first-order valence-corrected chi connectivity index (χ1v) is 9.48. The summed E-state index contributed by atoms with van der Waals surface area (Å²) in [5.41, 5.74) is 2.91. The Hall–Kier alpha value is -2.62. The molecular weight excluding hydrogens is 383 g/mol. The lowest BCUT2D eigenvalue weighted by Gasteiger charge is -2.19. The number of aliphatic imine (C=N–C) groups is 1. The Labute approximate surface area is 168 Å². The van der Waals surface area contributed by atoms with E-state index in [4.69, 9.17) is 0 Å². The summed E-state index contributed by atoms with van der Waals surface area (Å²) in [4.78, 5) is 10.0. The zero-order valence-corrected chi connectivity index (χ0v) is 16.8. The predicted molar refractivity (Wildman–Crippen MR) is 105 cm³/mol. The van der Waals surface area contributed by atoms with Crippen LogP contribution < -0.4 is 10.6 Å². The monoisotopic (exact) mass is 409 g/mol. The molecule has 1 atom stereocenters. The SMILES string of the molecule is CN=C(NCc1ccc(-n2nc(C)cc2C)nc1)NC1CCN(CC(F)(F)F)C1. The van der Waals surface area contributed by atoms with Crippen molar-refractivity contribution in [3.05, 3.63) is 41.3 Å². The molecule has 1 fully saturated rings. The summed E-state index contributed by atoms with van der Waals surface area (Å²) in [6, 6.07) is 5.79. The highest BCUT2D eigenvalue weighted by atomic mass is 19.4. The molecule has 0 saturated carbocycles.